The van der Waals surface area contributed by atoms with Gasteiger partial charge in [0, 0.05) is 20.6 Å². The Bertz CT molecular complexity index is 1160. The molecule has 1 aliphatic rings. The van der Waals surface area contributed by atoms with E-state index < -0.39 is 0 Å². The van der Waals surface area contributed by atoms with Gasteiger partial charge in [-0.3, -0.25) is 4.79 Å². The first-order chi connectivity index (χ1) is 13.9. The van der Waals surface area contributed by atoms with E-state index in [1.165, 1.54) is 15.3 Å². The topological polar surface area (TPSA) is 46.4 Å². The van der Waals surface area contributed by atoms with Crippen molar-refractivity contribution < 1.29 is 4.79 Å². The number of carbonyl (C=O) groups is 1. The smallest absolute Gasteiger partial charge is 0.264 e. The molecule has 2 heterocycles. The summed E-state index contributed by atoms with van der Waals surface area (Å²) in [6, 6.07) is 18.5. The molecular weight excluding hydrogens is 493 g/mol. The van der Waals surface area contributed by atoms with Gasteiger partial charge in [0.15, 0.2) is 5.17 Å². The molecule has 1 amide bonds. The summed E-state index contributed by atoms with van der Waals surface area (Å²) in [4.78, 5) is 17.7. The fraction of sp³-hybridized carbons (Fsp3) is 0.130. The predicted molar refractivity (Wildman–Crippen MR) is 130 cm³/mol. The number of amides is 1. The van der Waals surface area contributed by atoms with E-state index >= 15 is 0 Å². The first kappa shape index (κ1) is 20.0. The van der Waals surface area contributed by atoms with Gasteiger partial charge in [-0.25, -0.2) is 4.99 Å². The number of halogens is 1. The van der Waals surface area contributed by atoms with Crippen molar-refractivity contribution in [3.05, 3.63) is 85.6 Å². The molecule has 0 bridgehead atoms. The highest BCUT2D eigenvalue weighted by Crippen LogP contribution is 2.30. The Morgan fingerprint density at radius 1 is 1.07 bits per heavy atom. The molecular formula is C23H20IN3OS. The summed E-state index contributed by atoms with van der Waals surface area (Å²) in [6.45, 7) is 6.19. The third-order valence-electron chi connectivity index (χ3n) is 4.72. The molecule has 0 aliphatic carbocycles. The van der Waals surface area contributed by atoms with E-state index in [2.05, 4.69) is 81.6 Å². The summed E-state index contributed by atoms with van der Waals surface area (Å²) in [5, 5.41) is 3.48. The summed E-state index contributed by atoms with van der Waals surface area (Å²) >= 11 is 3.68. The van der Waals surface area contributed by atoms with Gasteiger partial charge in [-0.1, -0.05) is 12.1 Å². The van der Waals surface area contributed by atoms with E-state index in [4.69, 9.17) is 0 Å². The van der Waals surface area contributed by atoms with E-state index in [-0.39, 0.29) is 5.91 Å². The van der Waals surface area contributed by atoms with Crippen LogP contribution < -0.4 is 5.32 Å². The number of nitrogens with one attached hydrogen (secondary N) is 1. The first-order valence-corrected chi connectivity index (χ1v) is 11.1. The lowest BCUT2D eigenvalue weighted by molar-refractivity contribution is -0.115. The van der Waals surface area contributed by atoms with E-state index in [1.54, 1.807) is 0 Å². The number of carbonyl (C=O) groups excluding carboxylic acids is 1. The Hall–Kier alpha value is -2.32. The van der Waals surface area contributed by atoms with Gasteiger partial charge < -0.3 is 9.88 Å². The lowest BCUT2D eigenvalue weighted by Crippen LogP contribution is -2.19. The van der Waals surface area contributed by atoms with Crippen LogP contribution in [-0.2, 0) is 4.79 Å². The normalized spacial score (nSPS) is 16.6. The van der Waals surface area contributed by atoms with Crippen LogP contribution in [-0.4, -0.2) is 15.6 Å². The minimum absolute atomic E-state index is 0.111. The highest BCUT2D eigenvalue weighted by molar-refractivity contribution is 14.1. The number of aromatic nitrogens is 1. The van der Waals surface area contributed by atoms with Gasteiger partial charge in [0.2, 0.25) is 0 Å². The monoisotopic (exact) mass is 513 g/mol. The molecule has 0 unspecified atom stereocenters. The van der Waals surface area contributed by atoms with Gasteiger partial charge >= 0.3 is 0 Å². The number of benzene rings is 2. The van der Waals surface area contributed by atoms with Crippen LogP contribution in [0.2, 0.25) is 0 Å². The van der Waals surface area contributed by atoms with Crippen molar-refractivity contribution in [1.82, 2.24) is 9.88 Å². The van der Waals surface area contributed by atoms with Crippen molar-refractivity contribution in [3.8, 4) is 5.69 Å². The maximum absolute atomic E-state index is 12.5. The summed E-state index contributed by atoms with van der Waals surface area (Å²) < 4.78 is 3.41. The molecule has 0 spiro atoms. The number of aliphatic imine (C=N–C) groups is 1. The molecule has 29 heavy (non-hydrogen) atoms. The first-order valence-electron chi connectivity index (χ1n) is 9.22. The SMILES string of the molecule is Cc1cccc(N=C2NC(=O)/C(=C/c3cc(C)n(-c4ccc(I)cc4)c3C)S2)c1. The molecule has 4 rings (SSSR count). The van der Waals surface area contributed by atoms with Crippen molar-refractivity contribution in [2.45, 2.75) is 20.8 Å². The number of amidine groups is 1. The number of thioether (sulfide) groups is 1. The molecule has 1 saturated heterocycles. The molecule has 146 valence electrons. The molecule has 1 aliphatic heterocycles. The van der Waals surface area contributed by atoms with E-state index in [1.807, 2.05) is 37.3 Å². The van der Waals surface area contributed by atoms with Crippen LogP contribution >= 0.6 is 34.4 Å². The van der Waals surface area contributed by atoms with Crippen LogP contribution in [0.3, 0.4) is 0 Å². The zero-order valence-corrected chi connectivity index (χ0v) is 19.3. The molecule has 0 saturated carbocycles. The minimum atomic E-state index is -0.111. The summed E-state index contributed by atoms with van der Waals surface area (Å²) in [5.74, 6) is -0.111. The fourth-order valence-corrected chi connectivity index (χ4v) is 4.55. The largest absolute Gasteiger partial charge is 0.318 e. The van der Waals surface area contributed by atoms with Gasteiger partial charge in [0.1, 0.15) is 0 Å². The van der Waals surface area contributed by atoms with E-state index in [9.17, 15) is 4.79 Å². The highest BCUT2D eigenvalue weighted by atomic mass is 127. The summed E-state index contributed by atoms with van der Waals surface area (Å²) in [5.41, 5.74) is 6.37. The molecule has 4 nitrogen and oxygen atoms in total. The van der Waals surface area contributed by atoms with Crippen LogP contribution in [0.5, 0.6) is 0 Å². The average molecular weight is 513 g/mol. The van der Waals surface area contributed by atoms with Crippen LogP contribution in [0.1, 0.15) is 22.5 Å². The molecule has 0 atom stereocenters. The van der Waals surface area contributed by atoms with Crippen molar-refractivity contribution in [2.24, 2.45) is 4.99 Å². The summed E-state index contributed by atoms with van der Waals surface area (Å²) in [6.07, 6.45) is 1.95. The molecule has 1 N–H and O–H groups in total. The second-order valence-corrected chi connectivity index (χ2v) is 9.24. The van der Waals surface area contributed by atoms with Gasteiger partial charge in [-0.05, 0) is 115 Å². The number of aryl methyl sites for hydroxylation is 2. The van der Waals surface area contributed by atoms with Gasteiger partial charge in [-0.15, -0.1) is 0 Å². The molecule has 0 radical (unpaired) electrons. The third-order valence-corrected chi connectivity index (χ3v) is 6.35. The van der Waals surface area contributed by atoms with Gasteiger partial charge in [0.05, 0.1) is 10.6 Å². The minimum Gasteiger partial charge on any atom is -0.318 e. The number of nitrogens with zero attached hydrogens (tertiary/aromatic N) is 2. The number of rotatable bonds is 3. The van der Waals surface area contributed by atoms with E-state index in [0.717, 1.165) is 33.9 Å². The van der Waals surface area contributed by atoms with Crippen molar-refractivity contribution in [2.75, 3.05) is 0 Å². The Morgan fingerprint density at radius 2 is 1.83 bits per heavy atom. The standard InChI is InChI=1S/C23H20IN3OS/c1-14-5-4-6-19(11-14)25-23-26-22(28)21(29-23)13-17-12-15(2)27(16(17)3)20-9-7-18(24)8-10-20/h4-13H,1-3H3,(H,25,26,28)/b21-13-. The molecule has 6 heteroatoms. The van der Waals surface area contributed by atoms with Crippen LogP contribution in [0.25, 0.3) is 11.8 Å². The maximum atomic E-state index is 12.5. The maximum Gasteiger partial charge on any atom is 0.264 e. The Balaban J connectivity index is 1.64. The number of hydrogen-bond acceptors (Lipinski definition) is 3. The Kier molecular flexibility index (Phi) is 5.65. The lowest BCUT2D eigenvalue weighted by Gasteiger charge is -2.09. The molecule has 3 aromatic rings. The van der Waals surface area contributed by atoms with Crippen LogP contribution in [0.15, 0.2) is 64.5 Å². The third kappa shape index (κ3) is 4.33. The molecule has 2 aromatic carbocycles. The molecule has 1 fully saturated rings. The Labute approximate surface area is 188 Å². The highest BCUT2D eigenvalue weighted by Gasteiger charge is 2.24. The zero-order chi connectivity index (χ0) is 20.5. The summed E-state index contributed by atoms with van der Waals surface area (Å²) in [7, 11) is 0. The lowest BCUT2D eigenvalue weighted by atomic mass is 10.2. The number of hydrogen-bond donors (Lipinski definition) is 1. The van der Waals surface area contributed by atoms with Crippen LogP contribution in [0.4, 0.5) is 5.69 Å². The average Bonchev–Trinajstić information content (AvgIpc) is 3.15. The predicted octanol–water partition coefficient (Wildman–Crippen LogP) is 5.90. The Morgan fingerprint density at radius 3 is 2.55 bits per heavy atom. The second-order valence-electron chi connectivity index (χ2n) is 6.96. The molecule has 1 aromatic heterocycles. The fourth-order valence-electron chi connectivity index (χ4n) is 3.36. The van der Waals surface area contributed by atoms with Crippen molar-refractivity contribution in [1.29, 1.82) is 0 Å². The van der Waals surface area contributed by atoms with Gasteiger partial charge in [-0.2, -0.15) is 0 Å². The van der Waals surface area contributed by atoms with Crippen molar-refractivity contribution in [3.63, 3.8) is 0 Å². The van der Waals surface area contributed by atoms with Crippen LogP contribution in [0, 0.1) is 24.3 Å². The van der Waals surface area contributed by atoms with Crippen molar-refractivity contribution >= 4 is 57.2 Å². The second kappa shape index (κ2) is 8.20. The zero-order valence-electron chi connectivity index (χ0n) is 16.4. The van der Waals surface area contributed by atoms with Gasteiger partial charge in [0.25, 0.3) is 5.91 Å². The van der Waals surface area contributed by atoms with E-state index in [0.29, 0.717) is 10.1 Å². The quantitative estimate of drug-likeness (QED) is 0.350.